The monoisotopic (exact) mass is 539 g/mol. The molecule has 3 heterocycles. The SMILES string of the molecule is O=C(OCCN1CCN(Cc2ccc(Oc3ccccc3)cc2)CC1)N1CCN(c2cccc3[nH]ccc23)CC1. The van der Waals surface area contributed by atoms with Crippen molar-refractivity contribution in [2.75, 3.05) is 70.4 Å². The topological polar surface area (TPSA) is 64.3 Å². The van der Waals surface area contributed by atoms with Crippen LogP contribution in [-0.2, 0) is 11.3 Å². The van der Waals surface area contributed by atoms with Crippen molar-refractivity contribution in [3.8, 4) is 11.5 Å². The van der Waals surface area contributed by atoms with Crippen LogP contribution in [0.3, 0.4) is 0 Å². The van der Waals surface area contributed by atoms with Crippen molar-refractivity contribution >= 4 is 22.7 Å². The lowest BCUT2D eigenvalue weighted by atomic mass is 10.2. The highest BCUT2D eigenvalue weighted by atomic mass is 16.6. The molecule has 40 heavy (non-hydrogen) atoms. The third-order valence-corrected chi connectivity index (χ3v) is 7.86. The molecule has 1 aromatic heterocycles. The number of carbonyl (C=O) groups excluding carboxylic acids is 1. The van der Waals surface area contributed by atoms with E-state index >= 15 is 0 Å². The van der Waals surface area contributed by atoms with E-state index < -0.39 is 0 Å². The van der Waals surface area contributed by atoms with E-state index in [2.05, 4.69) is 56.1 Å². The van der Waals surface area contributed by atoms with Crippen LogP contribution in [0.4, 0.5) is 10.5 Å². The van der Waals surface area contributed by atoms with Gasteiger partial charge in [-0.15, -0.1) is 0 Å². The van der Waals surface area contributed by atoms with Gasteiger partial charge in [-0.2, -0.15) is 0 Å². The number of para-hydroxylation sites is 1. The second kappa shape index (κ2) is 12.4. The number of anilines is 1. The van der Waals surface area contributed by atoms with Gasteiger partial charge in [0.15, 0.2) is 0 Å². The molecular weight excluding hydrogens is 502 g/mol. The molecule has 0 aliphatic carbocycles. The lowest BCUT2D eigenvalue weighted by Gasteiger charge is -2.36. The lowest BCUT2D eigenvalue weighted by molar-refractivity contribution is 0.0726. The Kier molecular flexibility index (Phi) is 8.16. The van der Waals surface area contributed by atoms with Crippen LogP contribution in [0.25, 0.3) is 10.9 Å². The summed E-state index contributed by atoms with van der Waals surface area (Å²) >= 11 is 0. The van der Waals surface area contributed by atoms with E-state index in [9.17, 15) is 4.79 Å². The first-order chi connectivity index (χ1) is 19.7. The fourth-order valence-electron chi connectivity index (χ4n) is 5.54. The number of nitrogens with zero attached hydrogens (tertiary/aromatic N) is 4. The van der Waals surface area contributed by atoms with Crippen molar-refractivity contribution in [2.45, 2.75) is 6.54 Å². The number of hydrogen-bond donors (Lipinski definition) is 1. The van der Waals surface area contributed by atoms with Crippen LogP contribution in [0, 0.1) is 0 Å². The minimum atomic E-state index is -0.196. The van der Waals surface area contributed by atoms with Crippen molar-refractivity contribution in [1.29, 1.82) is 0 Å². The van der Waals surface area contributed by atoms with Gasteiger partial charge >= 0.3 is 6.09 Å². The van der Waals surface area contributed by atoms with Gasteiger partial charge in [-0.1, -0.05) is 36.4 Å². The highest BCUT2D eigenvalue weighted by Gasteiger charge is 2.24. The van der Waals surface area contributed by atoms with Gasteiger partial charge in [0.1, 0.15) is 18.1 Å². The number of rotatable bonds is 8. The summed E-state index contributed by atoms with van der Waals surface area (Å²) in [5.41, 5.74) is 3.65. The van der Waals surface area contributed by atoms with E-state index in [0.717, 1.165) is 69.4 Å². The summed E-state index contributed by atoms with van der Waals surface area (Å²) in [6.45, 7) is 9.10. The van der Waals surface area contributed by atoms with Crippen LogP contribution in [0.5, 0.6) is 11.5 Å². The largest absolute Gasteiger partial charge is 0.457 e. The fourth-order valence-corrected chi connectivity index (χ4v) is 5.54. The van der Waals surface area contributed by atoms with Crippen molar-refractivity contribution in [1.82, 2.24) is 19.7 Å². The molecule has 0 radical (unpaired) electrons. The smallest absolute Gasteiger partial charge is 0.409 e. The maximum atomic E-state index is 12.7. The van der Waals surface area contributed by atoms with Crippen LogP contribution in [0.15, 0.2) is 85.1 Å². The van der Waals surface area contributed by atoms with Crippen LogP contribution in [0.2, 0.25) is 0 Å². The van der Waals surface area contributed by atoms with Gasteiger partial charge in [0.25, 0.3) is 0 Å². The van der Waals surface area contributed by atoms with E-state index in [1.807, 2.05) is 53.6 Å². The molecule has 8 nitrogen and oxygen atoms in total. The summed E-state index contributed by atoms with van der Waals surface area (Å²) in [6.07, 6.45) is 1.78. The Morgan fingerprint density at radius 3 is 2.23 bits per heavy atom. The molecule has 2 aliphatic heterocycles. The number of hydrogen-bond acceptors (Lipinski definition) is 6. The van der Waals surface area contributed by atoms with Crippen molar-refractivity contribution in [3.05, 3.63) is 90.6 Å². The highest BCUT2D eigenvalue weighted by molar-refractivity contribution is 5.92. The first-order valence-corrected chi connectivity index (χ1v) is 14.2. The Labute approximate surface area is 235 Å². The number of fused-ring (bicyclic) bond motifs is 1. The predicted octanol–water partition coefficient (Wildman–Crippen LogP) is 5.04. The number of piperazine rings is 2. The molecule has 1 amide bonds. The summed E-state index contributed by atoms with van der Waals surface area (Å²) in [7, 11) is 0. The molecule has 0 bridgehead atoms. The molecule has 8 heteroatoms. The van der Waals surface area contributed by atoms with Crippen molar-refractivity contribution in [3.63, 3.8) is 0 Å². The van der Waals surface area contributed by atoms with Crippen LogP contribution >= 0.6 is 0 Å². The molecule has 4 aromatic rings. The normalized spacial score (nSPS) is 16.8. The van der Waals surface area contributed by atoms with Gasteiger partial charge in [0.05, 0.1) is 0 Å². The van der Waals surface area contributed by atoms with E-state index in [1.54, 1.807) is 0 Å². The standard InChI is InChI=1S/C32H37N5O3/c38-32(37-21-19-36(20-22-37)31-8-4-7-30-29(31)13-14-33-30)39-24-23-34-15-17-35(18-16-34)25-26-9-11-28(12-10-26)40-27-5-2-1-3-6-27/h1-14,33H,15-25H2. The van der Waals surface area contributed by atoms with Crippen molar-refractivity contribution in [2.24, 2.45) is 0 Å². The van der Waals surface area contributed by atoms with Crippen LogP contribution in [-0.4, -0.2) is 91.3 Å². The van der Waals surface area contributed by atoms with Gasteiger partial charge in [0.2, 0.25) is 0 Å². The quantitative estimate of drug-likeness (QED) is 0.339. The Hall–Kier alpha value is -4.01. The Morgan fingerprint density at radius 1 is 0.725 bits per heavy atom. The molecule has 2 fully saturated rings. The van der Waals surface area contributed by atoms with E-state index in [1.165, 1.54) is 16.6 Å². The van der Waals surface area contributed by atoms with Crippen LogP contribution in [0.1, 0.15) is 5.56 Å². The number of H-pyrrole nitrogens is 1. The third kappa shape index (κ3) is 6.41. The van der Waals surface area contributed by atoms with E-state index in [-0.39, 0.29) is 6.09 Å². The van der Waals surface area contributed by atoms with Crippen molar-refractivity contribution < 1.29 is 14.3 Å². The second-order valence-electron chi connectivity index (χ2n) is 10.5. The number of aromatic amines is 1. The summed E-state index contributed by atoms with van der Waals surface area (Å²) in [4.78, 5) is 25.0. The third-order valence-electron chi connectivity index (χ3n) is 7.86. The predicted molar refractivity (Wildman–Crippen MR) is 158 cm³/mol. The van der Waals surface area contributed by atoms with Gasteiger partial charge in [-0.3, -0.25) is 9.80 Å². The molecule has 0 unspecified atom stereocenters. The summed E-state index contributed by atoms with van der Waals surface area (Å²) in [5, 5.41) is 1.23. The zero-order valence-corrected chi connectivity index (χ0v) is 22.9. The molecule has 0 spiro atoms. The van der Waals surface area contributed by atoms with Gasteiger partial charge in [0, 0.05) is 88.2 Å². The number of benzene rings is 3. The Balaban J connectivity index is 0.877. The molecule has 2 aliphatic rings. The maximum Gasteiger partial charge on any atom is 0.409 e. The molecule has 0 atom stereocenters. The molecule has 1 N–H and O–H groups in total. The molecule has 3 aromatic carbocycles. The Bertz CT molecular complexity index is 1370. The lowest BCUT2D eigenvalue weighted by Crippen LogP contribution is -2.50. The summed E-state index contributed by atoms with van der Waals surface area (Å²) in [5.74, 6) is 1.70. The first-order valence-electron chi connectivity index (χ1n) is 14.2. The van der Waals surface area contributed by atoms with E-state index in [4.69, 9.17) is 9.47 Å². The molecule has 6 rings (SSSR count). The summed E-state index contributed by atoms with van der Waals surface area (Å²) < 4.78 is 11.6. The molecular formula is C32H37N5O3. The van der Waals surface area contributed by atoms with Crippen LogP contribution < -0.4 is 9.64 Å². The number of carbonyl (C=O) groups is 1. The molecule has 0 saturated carbocycles. The zero-order valence-electron chi connectivity index (χ0n) is 22.9. The first kappa shape index (κ1) is 26.2. The van der Waals surface area contributed by atoms with Gasteiger partial charge < -0.3 is 24.3 Å². The van der Waals surface area contributed by atoms with Gasteiger partial charge in [-0.05, 0) is 48.0 Å². The van der Waals surface area contributed by atoms with E-state index in [0.29, 0.717) is 19.7 Å². The fraction of sp³-hybridized carbons (Fsp3) is 0.344. The molecule has 208 valence electrons. The number of ether oxygens (including phenoxy) is 2. The highest BCUT2D eigenvalue weighted by Crippen LogP contribution is 2.27. The zero-order chi connectivity index (χ0) is 27.1. The second-order valence-corrected chi connectivity index (χ2v) is 10.5. The molecule has 2 saturated heterocycles. The number of nitrogens with one attached hydrogen (secondary N) is 1. The number of amides is 1. The average Bonchev–Trinajstić information content (AvgIpc) is 3.49. The minimum Gasteiger partial charge on any atom is -0.457 e. The maximum absolute atomic E-state index is 12.7. The minimum absolute atomic E-state index is 0.196. The number of aromatic nitrogens is 1. The summed E-state index contributed by atoms with van der Waals surface area (Å²) in [6, 6.07) is 26.7. The van der Waals surface area contributed by atoms with Gasteiger partial charge in [-0.25, -0.2) is 4.79 Å². The Morgan fingerprint density at radius 2 is 1.45 bits per heavy atom. The average molecular weight is 540 g/mol.